The highest BCUT2D eigenvalue weighted by Gasteiger charge is 2.66. The fraction of sp³-hybridized carbons (Fsp3) is 0.471. The van der Waals surface area contributed by atoms with Crippen LogP contribution in [0.5, 0.6) is 0 Å². The molecule has 4 atom stereocenters. The molecule has 3 aliphatic carbocycles. The van der Waals surface area contributed by atoms with E-state index in [4.69, 9.17) is 21.9 Å². The van der Waals surface area contributed by atoms with Crippen LogP contribution in [0.25, 0.3) is 11.1 Å². The number of anilines is 1. The van der Waals surface area contributed by atoms with Crippen molar-refractivity contribution in [1.29, 1.82) is 0 Å². The molecule has 0 saturated heterocycles. The van der Waals surface area contributed by atoms with Crippen molar-refractivity contribution >= 4 is 17.5 Å². The van der Waals surface area contributed by atoms with Crippen molar-refractivity contribution in [3.8, 4) is 11.1 Å². The highest BCUT2D eigenvalue weighted by atomic mass is 35.5. The van der Waals surface area contributed by atoms with Gasteiger partial charge in [-0.2, -0.15) is 0 Å². The molecule has 3 saturated carbocycles. The minimum Gasteiger partial charge on any atom is -0.367 e. The summed E-state index contributed by atoms with van der Waals surface area (Å²) in [5, 5.41) is 5.06. The van der Waals surface area contributed by atoms with Gasteiger partial charge in [0.1, 0.15) is 0 Å². The molecule has 2 N–H and O–H groups in total. The standard InChI is InChI=1S/C17H17ClN2O/c18-11-5-3-8(4-6-11)14-16(20-21-17(14)19)15-12-9-1-2-10(7-9)13(12)15/h3-6,9-10,12-13,15H,1-2,7,19H2. The van der Waals surface area contributed by atoms with Crippen molar-refractivity contribution in [1.82, 2.24) is 5.16 Å². The summed E-state index contributed by atoms with van der Waals surface area (Å²) in [6.45, 7) is 0. The number of nitrogens with zero attached hydrogens (tertiary/aromatic N) is 1. The molecule has 3 nitrogen and oxygen atoms in total. The fourth-order valence-corrected chi connectivity index (χ4v) is 5.27. The van der Waals surface area contributed by atoms with E-state index < -0.39 is 0 Å². The van der Waals surface area contributed by atoms with Gasteiger partial charge in [0.25, 0.3) is 0 Å². The van der Waals surface area contributed by atoms with E-state index in [0.29, 0.717) is 11.8 Å². The van der Waals surface area contributed by atoms with Crippen LogP contribution in [0.3, 0.4) is 0 Å². The van der Waals surface area contributed by atoms with Crippen LogP contribution < -0.4 is 5.73 Å². The van der Waals surface area contributed by atoms with Crippen LogP contribution in [-0.2, 0) is 0 Å². The van der Waals surface area contributed by atoms with E-state index in [9.17, 15) is 0 Å². The van der Waals surface area contributed by atoms with Gasteiger partial charge in [-0.25, -0.2) is 0 Å². The van der Waals surface area contributed by atoms with E-state index >= 15 is 0 Å². The minimum absolute atomic E-state index is 0.435. The highest BCUT2D eigenvalue weighted by molar-refractivity contribution is 6.30. The largest absolute Gasteiger partial charge is 0.367 e. The first-order chi connectivity index (χ1) is 10.2. The molecule has 1 aromatic carbocycles. The molecule has 1 aromatic heterocycles. The van der Waals surface area contributed by atoms with E-state index in [1.165, 1.54) is 19.3 Å². The van der Waals surface area contributed by atoms with Crippen molar-refractivity contribution in [2.45, 2.75) is 25.2 Å². The molecule has 3 fully saturated rings. The summed E-state index contributed by atoms with van der Waals surface area (Å²) >= 11 is 5.98. The van der Waals surface area contributed by atoms with Gasteiger partial charge in [-0.15, -0.1) is 0 Å². The minimum atomic E-state index is 0.435. The lowest BCUT2D eigenvalue weighted by molar-refractivity contribution is 0.417. The lowest BCUT2D eigenvalue weighted by Gasteiger charge is -2.08. The summed E-state index contributed by atoms with van der Waals surface area (Å²) in [4.78, 5) is 0. The third-order valence-electron chi connectivity index (χ3n) is 5.93. The zero-order valence-electron chi connectivity index (χ0n) is 11.6. The maximum absolute atomic E-state index is 6.05. The number of rotatable bonds is 2. The molecule has 0 amide bonds. The zero-order valence-corrected chi connectivity index (χ0v) is 12.4. The first kappa shape index (κ1) is 12.1. The zero-order chi connectivity index (χ0) is 14.1. The van der Waals surface area contributed by atoms with Gasteiger partial charge < -0.3 is 10.3 Å². The van der Waals surface area contributed by atoms with Crippen molar-refractivity contribution in [3.05, 3.63) is 35.0 Å². The second-order valence-electron chi connectivity index (χ2n) is 6.83. The molecule has 0 aliphatic heterocycles. The average molecular weight is 301 g/mol. The highest BCUT2D eigenvalue weighted by Crippen LogP contribution is 2.73. The number of hydrogen-bond donors (Lipinski definition) is 1. The van der Waals surface area contributed by atoms with Gasteiger partial charge in [0.15, 0.2) is 0 Å². The van der Waals surface area contributed by atoms with Crippen LogP contribution in [0.4, 0.5) is 5.88 Å². The molecule has 0 radical (unpaired) electrons. The van der Waals surface area contributed by atoms with Gasteiger partial charge in [-0.1, -0.05) is 28.9 Å². The van der Waals surface area contributed by atoms with Crippen molar-refractivity contribution < 1.29 is 4.52 Å². The Kier molecular flexibility index (Phi) is 2.33. The summed E-state index contributed by atoms with van der Waals surface area (Å²) in [5.74, 6) is 4.51. The van der Waals surface area contributed by atoms with E-state index in [0.717, 1.165) is 45.5 Å². The third kappa shape index (κ3) is 1.58. The second kappa shape index (κ2) is 4.04. The number of nitrogens with two attached hydrogens (primary N) is 1. The van der Waals surface area contributed by atoms with E-state index in [2.05, 4.69) is 5.16 Å². The Morgan fingerprint density at radius 1 is 1.10 bits per heavy atom. The molecule has 0 spiro atoms. The number of aromatic nitrogens is 1. The van der Waals surface area contributed by atoms with Gasteiger partial charge >= 0.3 is 0 Å². The normalized spacial score (nSPS) is 36.0. The third-order valence-corrected chi connectivity index (χ3v) is 6.18. The second-order valence-corrected chi connectivity index (χ2v) is 7.26. The maximum Gasteiger partial charge on any atom is 0.230 e. The summed E-state index contributed by atoms with van der Waals surface area (Å²) in [6, 6.07) is 7.79. The summed E-state index contributed by atoms with van der Waals surface area (Å²) in [6.07, 6.45) is 4.26. The molecule has 3 aliphatic rings. The van der Waals surface area contributed by atoms with Crippen molar-refractivity contribution in [3.63, 3.8) is 0 Å². The molecule has 2 bridgehead atoms. The Balaban J connectivity index is 1.56. The lowest BCUT2D eigenvalue weighted by atomic mass is 9.96. The Labute approximate surface area is 128 Å². The van der Waals surface area contributed by atoms with Crippen LogP contribution in [0.15, 0.2) is 28.8 Å². The number of nitrogen functional groups attached to an aromatic ring is 1. The van der Waals surface area contributed by atoms with Crippen molar-refractivity contribution in [2.24, 2.45) is 23.7 Å². The summed E-state index contributed by atoms with van der Waals surface area (Å²) in [5.41, 5.74) is 9.19. The first-order valence-electron chi connectivity index (χ1n) is 7.75. The maximum atomic E-state index is 6.05. The monoisotopic (exact) mass is 300 g/mol. The van der Waals surface area contributed by atoms with Crippen LogP contribution in [-0.4, -0.2) is 5.16 Å². The van der Waals surface area contributed by atoms with E-state index in [1.807, 2.05) is 24.3 Å². The van der Waals surface area contributed by atoms with Crippen LogP contribution in [0.2, 0.25) is 5.02 Å². The topological polar surface area (TPSA) is 52.0 Å². The first-order valence-corrected chi connectivity index (χ1v) is 8.13. The van der Waals surface area contributed by atoms with Gasteiger partial charge in [-0.05, 0) is 60.6 Å². The van der Waals surface area contributed by atoms with Crippen molar-refractivity contribution in [2.75, 3.05) is 5.73 Å². The lowest BCUT2D eigenvalue weighted by Crippen LogP contribution is -1.99. The Bertz CT molecular complexity index is 692. The molecular weight excluding hydrogens is 284 g/mol. The SMILES string of the molecule is Nc1onc(C2C3C4CCC(C4)C23)c1-c1ccc(Cl)cc1. The van der Waals surface area contributed by atoms with Gasteiger partial charge in [0.05, 0.1) is 11.3 Å². The number of hydrogen-bond acceptors (Lipinski definition) is 3. The van der Waals surface area contributed by atoms with Gasteiger partial charge in [0.2, 0.25) is 5.88 Å². The molecule has 108 valence electrons. The molecule has 4 unspecified atom stereocenters. The Morgan fingerprint density at radius 2 is 1.76 bits per heavy atom. The van der Waals surface area contributed by atoms with Crippen LogP contribution >= 0.6 is 11.6 Å². The van der Waals surface area contributed by atoms with E-state index in [-0.39, 0.29) is 0 Å². The quantitative estimate of drug-likeness (QED) is 0.897. The molecule has 4 heteroatoms. The molecule has 21 heavy (non-hydrogen) atoms. The van der Waals surface area contributed by atoms with Crippen LogP contribution in [0.1, 0.15) is 30.9 Å². The summed E-state index contributed by atoms with van der Waals surface area (Å²) < 4.78 is 5.33. The molecular formula is C17H17ClN2O. The average Bonchev–Trinajstić information content (AvgIpc) is 2.81. The predicted molar refractivity (Wildman–Crippen MR) is 81.9 cm³/mol. The summed E-state index contributed by atoms with van der Waals surface area (Å²) in [7, 11) is 0. The predicted octanol–water partition coefficient (Wildman–Crippen LogP) is 4.34. The number of halogens is 1. The molecule has 1 heterocycles. The van der Waals surface area contributed by atoms with Crippen LogP contribution in [0, 0.1) is 23.7 Å². The Morgan fingerprint density at radius 3 is 2.43 bits per heavy atom. The number of benzene rings is 1. The van der Waals surface area contributed by atoms with E-state index in [1.54, 1.807) is 0 Å². The molecule has 5 rings (SSSR count). The van der Waals surface area contributed by atoms with Gasteiger partial charge in [-0.3, -0.25) is 0 Å². The Hall–Kier alpha value is -1.48. The smallest absolute Gasteiger partial charge is 0.230 e. The fourth-order valence-electron chi connectivity index (χ4n) is 5.14. The molecule has 2 aromatic rings. The van der Waals surface area contributed by atoms with Gasteiger partial charge in [0, 0.05) is 10.9 Å². The number of fused-ring (bicyclic) bond motifs is 5.